The second-order valence-corrected chi connectivity index (χ2v) is 5.37. The number of nitrogens with zero attached hydrogens (tertiary/aromatic N) is 1. The molecule has 1 aromatic heterocycles. The van der Waals surface area contributed by atoms with E-state index >= 15 is 0 Å². The van der Waals surface area contributed by atoms with Gasteiger partial charge in [-0.3, -0.25) is 4.79 Å². The Balaban J connectivity index is 1.93. The minimum Gasteiger partial charge on any atom is -0.452 e. The van der Waals surface area contributed by atoms with Crippen LogP contribution in [0.25, 0.3) is 0 Å². The molecule has 0 spiro atoms. The fraction of sp³-hybridized carbons (Fsp3) is 0.267. The number of hydrogen-bond acceptors (Lipinski definition) is 3. The van der Waals surface area contributed by atoms with Crippen LogP contribution in [0.15, 0.2) is 41.0 Å². The van der Waals surface area contributed by atoms with Crippen LogP contribution in [0.4, 0.5) is 4.39 Å². The van der Waals surface area contributed by atoms with E-state index in [2.05, 4.69) is 0 Å². The summed E-state index contributed by atoms with van der Waals surface area (Å²) in [4.78, 5) is 14.0. The number of likely N-dealkylation sites (tertiary alicyclic amines) is 1. The van der Waals surface area contributed by atoms with E-state index in [-0.39, 0.29) is 35.1 Å². The molecule has 2 heterocycles. The zero-order valence-electron chi connectivity index (χ0n) is 11.0. The molecule has 21 heavy (non-hydrogen) atoms. The summed E-state index contributed by atoms with van der Waals surface area (Å²) in [6.45, 7) is 0.182. The number of rotatable bonds is 2. The number of aliphatic hydroxyl groups is 1. The summed E-state index contributed by atoms with van der Waals surface area (Å²) in [5.74, 6) is -0.706. The third-order valence-electron chi connectivity index (χ3n) is 3.62. The van der Waals surface area contributed by atoms with E-state index in [9.17, 15) is 14.3 Å². The van der Waals surface area contributed by atoms with Gasteiger partial charge in [-0.2, -0.15) is 0 Å². The molecule has 0 unspecified atom stereocenters. The number of carbonyl (C=O) groups is 1. The number of halogens is 2. The van der Waals surface area contributed by atoms with Gasteiger partial charge in [-0.15, -0.1) is 0 Å². The fourth-order valence-electron chi connectivity index (χ4n) is 2.67. The second-order valence-electron chi connectivity index (χ2n) is 5.03. The zero-order valence-corrected chi connectivity index (χ0v) is 11.8. The van der Waals surface area contributed by atoms with Gasteiger partial charge in [-0.05, 0) is 41.8 Å². The predicted molar refractivity (Wildman–Crippen MR) is 74.5 cm³/mol. The molecule has 2 atom stereocenters. The Kier molecular flexibility index (Phi) is 3.69. The molecule has 1 N–H and O–H groups in total. The van der Waals surface area contributed by atoms with Crippen molar-refractivity contribution in [2.75, 3.05) is 6.54 Å². The normalized spacial score (nSPS) is 21.8. The average Bonchev–Trinajstić information content (AvgIpc) is 3.04. The average molecular weight is 310 g/mol. The maximum atomic E-state index is 13.4. The Morgan fingerprint density at radius 3 is 2.90 bits per heavy atom. The summed E-state index contributed by atoms with van der Waals surface area (Å²) >= 11 is 5.83. The molecule has 1 aromatic carbocycles. The van der Waals surface area contributed by atoms with E-state index in [4.69, 9.17) is 16.0 Å². The summed E-state index contributed by atoms with van der Waals surface area (Å²) in [7, 11) is 0. The number of amides is 1. The third-order valence-corrected chi connectivity index (χ3v) is 3.91. The van der Waals surface area contributed by atoms with Gasteiger partial charge < -0.3 is 14.4 Å². The van der Waals surface area contributed by atoms with E-state index in [1.165, 1.54) is 29.4 Å². The topological polar surface area (TPSA) is 53.7 Å². The number of aliphatic hydroxyl groups excluding tert-OH is 1. The first-order chi connectivity index (χ1) is 10.1. The molecule has 0 radical (unpaired) electrons. The molecule has 2 aromatic rings. The molecule has 1 saturated heterocycles. The number of β-amino-alcohol motifs (C(OH)–C–C–N with tert-alkyl or cyclic N) is 1. The number of furan rings is 1. The molecular formula is C15H13ClFNO3. The first kappa shape index (κ1) is 14.1. The minimum atomic E-state index is -0.645. The van der Waals surface area contributed by atoms with Crippen LogP contribution >= 0.6 is 11.6 Å². The summed E-state index contributed by atoms with van der Waals surface area (Å²) in [5.41, 5.74) is 0.895. The highest BCUT2D eigenvalue weighted by Crippen LogP contribution is 2.34. The van der Waals surface area contributed by atoms with E-state index in [1.807, 2.05) is 0 Å². The van der Waals surface area contributed by atoms with Crippen molar-refractivity contribution in [1.29, 1.82) is 0 Å². The molecular weight excluding hydrogens is 297 g/mol. The van der Waals surface area contributed by atoms with Gasteiger partial charge in [0.2, 0.25) is 5.22 Å². The zero-order chi connectivity index (χ0) is 15.0. The lowest BCUT2D eigenvalue weighted by Gasteiger charge is -2.24. The maximum Gasteiger partial charge on any atom is 0.259 e. The monoisotopic (exact) mass is 309 g/mol. The predicted octanol–water partition coefficient (Wildman–Crippen LogP) is 3.02. The van der Waals surface area contributed by atoms with Gasteiger partial charge in [0.15, 0.2) is 0 Å². The summed E-state index contributed by atoms with van der Waals surface area (Å²) in [6.07, 6.45) is 1.05. The van der Waals surface area contributed by atoms with Gasteiger partial charge in [-0.1, -0.05) is 12.1 Å². The molecule has 110 valence electrons. The molecule has 6 heteroatoms. The van der Waals surface area contributed by atoms with E-state index < -0.39 is 6.10 Å². The van der Waals surface area contributed by atoms with Crippen molar-refractivity contribution < 1.29 is 18.7 Å². The van der Waals surface area contributed by atoms with Crippen LogP contribution in [0.2, 0.25) is 5.22 Å². The lowest BCUT2D eigenvalue weighted by Crippen LogP contribution is -2.31. The Labute approximate surface area is 125 Å². The smallest absolute Gasteiger partial charge is 0.259 e. The van der Waals surface area contributed by atoms with E-state index in [0.29, 0.717) is 12.0 Å². The van der Waals surface area contributed by atoms with Gasteiger partial charge in [0, 0.05) is 6.54 Å². The molecule has 3 rings (SSSR count). The van der Waals surface area contributed by atoms with Gasteiger partial charge in [0.25, 0.3) is 5.91 Å². The summed E-state index contributed by atoms with van der Waals surface area (Å²) < 4.78 is 18.3. The molecule has 0 saturated carbocycles. The fourth-order valence-corrected chi connectivity index (χ4v) is 2.86. The highest BCUT2D eigenvalue weighted by molar-refractivity contribution is 6.32. The number of hydrogen-bond donors (Lipinski definition) is 1. The van der Waals surface area contributed by atoms with Crippen LogP contribution in [0.1, 0.15) is 28.4 Å². The number of carbonyl (C=O) groups excluding carboxylic acids is 1. The van der Waals surface area contributed by atoms with E-state index in [0.717, 1.165) is 0 Å². The highest BCUT2D eigenvalue weighted by Gasteiger charge is 2.36. The summed E-state index contributed by atoms with van der Waals surface area (Å²) in [6, 6.07) is 7.15. The third kappa shape index (κ3) is 2.66. The Hall–Kier alpha value is -1.85. The van der Waals surface area contributed by atoms with Gasteiger partial charge in [0.1, 0.15) is 5.82 Å². The lowest BCUT2D eigenvalue weighted by molar-refractivity contribution is 0.0715. The maximum absolute atomic E-state index is 13.4. The van der Waals surface area contributed by atoms with Crippen molar-refractivity contribution in [1.82, 2.24) is 4.90 Å². The molecule has 4 nitrogen and oxygen atoms in total. The molecule has 1 fully saturated rings. The van der Waals surface area contributed by atoms with Crippen molar-refractivity contribution in [2.45, 2.75) is 18.6 Å². The Bertz CT molecular complexity index is 672. The van der Waals surface area contributed by atoms with Crippen LogP contribution in [0.3, 0.4) is 0 Å². The van der Waals surface area contributed by atoms with E-state index in [1.54, 1.807) is 12.1 Å². The standard InChI is InChI=1S/C15H13ClFNO3/c16-14-12(4-5-21-14)15(20)18-8-11(19)7-13(18)9-2-1-3-10(17)6-9/h1-6,11,13,19H,7-8H2/t11-,13+/m0/s1. The van der Waals surface area contributed by atoms with Gasteiger partial charge >= 0.3 is 0 Å². The first-order valence-corrected chi connectivity index (χ1v) is 6.91. The SMILES string of the molecule is O=C(c1ccoc1Cl)N1C[C@@H](O)C[C@@H]1c1cccc(F)c1. The molecule has 1 amide bonds. The first-order valence-electron chi connectivity index (χ1n) is 6.53. The van der Waals surface area contributed by atoms with Crippen LogP contribution in [-0.2, 0) is 0 Å². The highest BCUT2D eigenvalue weighted by atomic mass is 35.5. The molecule has 1 aliphatic rings. The minimum absolute atomic E-state index is 0.0133. The van der Waals surface area contributed by atoms with Crippen molar-refractivity contribution in [2.24, 2.45) is 0 Å². The number of benzene rings is 1. The van der Waals surface area contributed by atoms with Gasteiger partial charge in [-0.25, -0.2) is 4.39 Å². The van der Waals surface area contributed by atoms with Crippen molar-refractivity contribution in [3.05, 3.63) is 58.8 Å². The Morgan fingerprint density at radius 2 is 2.24 bits per heavy atom. The second kappa shape index (κ2) is 5.50. The Morgan fingerprint density at radius 1 is 1.43 bits per heavy atom. The van der Waals surface area contributed by atoms with Gasteiger partial charge in [0.05, 0.1) is 24.0 Å². The van der Waals surface area contributed by atoms with Crippen molar-refractivity contribution in [3.8, 4) is 0 Å². The van der Waals surface area contributed by atoms with Crippen LogP contribution in [0.5, 0.6) is 0 Å². The van der Waals surface area contributed by atoms with Crippen molar-refractivity contribution in [3.63, 3.8) is 0 Å². The lowest BCUT2D eigenvalue weighted by atomic mass is 10.0. The molecule has 0 aliphatic carbocycles. The van der Waals surface area contributed by atoms with Crippen molar-refractivity contribution >= 4 is 17.5 Å². The molecule has 0 bridgehead atoms. The van der Waals surface area contributed by atoms with Crippen LogP contribution in [0, 0.1) is 5.82 Å². The van der Waals surface area contributed by atoms with Crippen LogP contribution < -0.4 is 0 Å². The van der Waals surface area contributed by atoms with Crippen LogP contribution in [-0.4, -0.2) is 28.6 Å². The largest absolute Gasteiger partial charge is 0.452 e. The summed E-state index contributed by atoms with van der Waals surface area (Å²) in [5, 5.41) is 9.89. The molecule has 1 aliphatic heterocycles. The quantitative estimate of drug-likeness (QED) is 0.927.